The normalized spacial score (nSPS) is 24.6. The van der Waals surface area contributed by atoms with Gasteiger partial charge in [-0.3, -0.25) is 0 Å². The molecular weight excluding hydrogens is 410 g/mol. The molecule has 1 fully saturated rings. The average molecular weight is 435 g/mol. The summed E-state index contributed by atoms with van der Waals surface area (Å²) < 4.78 is 1.13. The van der Waals surface area contributed by atoms with Crippen molar-refractivity contribution in [1.29, 1.82) is 0 Å². The highest BCUT2D eigenvalue weighted by molar-refractivity contribution is 9.10. The van der Waals surface area contributed by atoms with Crippen LogP contribution in [-0.2, 0) is 6.42 Å². The van der Waals surface area contributed by atoms with Crippen molar-refractivity contribution in [2.45, 2.75) is 50.2 Å². The van der Waals surface area contributed by atoms with E-state index in [1.54, 1.807) is 0 Å². The number of rotatable bonds is 4. The lowest BCUT2D eigenvalue weighted by Gasteiger charge is -2.37. The van der Waals surface area contributed by atoms with Gasteiger partial charge in [-0.15, -0.1) is 12.4 Å². The van der Waals surface area contributed by atoms with E-state index in [2.05, 4.69) is 69.4 Å². The molecule has 138 valence electrons. The second kappa shape index (κ2) is 8.45. The van der Waals surface area contributed by atoms with E-state index in [1.807, 2.05) is 6.07 Å². The van der Waals surface area contributed by atoms with E-state index in [9.17, 15) is 0 Å². The number of fused-ring (bicyclic) bond motifs is 1. The molecule has 0 radical (unpaired) electrons. The number of aliphatic imine (C=N–C) groups is 1. The molecule has 0 aromatic heterocycles. The molecule has 2 aromatic carbocycles. The summed E-state index contributed by atoms with van der Waals surface area (Å²) in [5.74, 6) is 0.729. The number of hydrogen-bond acceptors (Lipinski definition) is 3. The van der Waals surface area contributed by atoms with Gasteiger partial charge in [0.2, 0.25) is 0 Å². The summed E-state index contributed by atoms with van der Waals surface area (Å²) in [6.45, 7) is 0. The number of guanidine groups is 1. The van der Waals surface area contributed by atoms with Gasteiger partial charge in [-0.25, -0.2) is 4.99 Å². The van der Waals surface area contributed by atoms with Crippen LogP contribution in [0.2, 0.25) is 0 Å². The van der Waals surface area contributed by atoms with Crippen LogP contribution in [0.15, 0.2) is 64.1 Å². The summed E-state index contributed by atoms with van der Waals surface area (Å²) >= 11 is 3.66. The lowest BCUT2D eigenvalue weighted by Crippen LogP contribution is -2.49. The Morgan fingerprint density at radius 2 is 1.77 bits per heavy atom. The molecule has 2 aliphatic heterocycles. The van der Waals surface area contributed by atoms with Crippen molar-refractivity contribution in [2.24, 2.45) is 10.7 Å². The standard InChI is InChI=1S/C21H24BrN3.ClH/c22-19-9-5-4-8-18(19)20-14-17-13-12-16(25(17)21(23)24-20)11-10-15-6-2-1-3-7-15;/h1-9,16-17,20H,10-14H2,(H2,23,24);1H/t16-,17+,20+;/m0./s1. The molecule has 0 unspecified atom stereocenters. The minimum atomic E-state index is 0. The maximum Gasteiger partial charge on any atom is 0.192 e. The molecule has 2 aromatic rings. The number of benzene rings is 2. The number of aryl methyl sites for hydroxylation is 1. The average Bonchev–Trinajstić information content (AvgIpc) is 3.05. The molecule has 0 saturated carbocycles. The van der Waals surface area contributed by atoms with Gasteiger partial charge < -0.3 is 10.6 Å². The predicted octanol–water partition coefficient (Wildman–Crippen LogP) is 5.10. The zero-order chi connectivity index (χ0) is 17.2. The maximum absolute atomic E-state index is 6.42. The Morgan fingerprint density at radius 1 is 1.04 bits per heavy atom. The molecule has 26 heavy (non-hydrogen) atoms. The van der Waals surface area contributed by atoms with Gasteiger partial charge in [0.15, 0.2) is 5.96 Å². The highest BCUT2D eigenvalue weighted by Gasteiger charge is 2.39. The summed E-state index contributed by atoms with van der Waals surface area (Å²) in [4.78, 5) is 7.25. The van der Waals surface area contributed by atoms with Gasteiger partial charge >= 0.3 is 0 Å². The first-order chi connectivity index (χ1) is 12.2. The Bertz CT molecular complexity index is 765. The van der Waals surface area contributed by atoms with Crippen molar-refractivity contribution in [3.8, 4) is 0 Å². The summed E-state index contributed by atoms with van der Waals surface area (Å²) in [6.07, 6.45) is 5.75. The molecule has 5 heteroatoms. The third-order valence-electron chi connectivity index (χ3n) is 5.54. The largest absolute Gasteiger partial charge is 0.370 e. The Balaban J connectivity index is 0.00000196. The first kappa shape index (κ1) is 19.2. The van der Waals surface area contributed by atoms with Gasteiger partial charge in [0.05, 0.1) is 6.04 Å². The topological polar surface area (TPSA) is 41.6 Å². The SMILES string of the molecule is Cl.NC1=N[C@@H](c2ccccc2Br)C[C@H]2CC[C@H](CCc3ccccc3)N12. The molecular formula is C21H25BrClN3. The molecule has 2 aliphatic rings. The van der Waals surface area contributed by atoms with Gasteiger partial charge in [-0.05, 0) is 49.3 Å². The Hall–Kier alpha value is -1.52. The van der Waals surface area contributed by atoms with Crippen LogP contribution in [0.5, 0.6) is 0 Å². The van der Waals surface area contributed by atoms with Gasteiger partial charge in [-0.1, -0.05) is 64.5 Å². The monoisotopic (exact) mass is 433 g/mol. The van der Waals surface area contributed by atoms with Crippen LogP contribution in [0.25, 0.3) is 0 Å². The van der Waals surface area contributed by atoms with Crippen molar-refractivity contribution in [2.75, 3.05) is 0 Å². The molecule has 0 bridgehead atoms. The van der Waals surface area contributed by atoms with E-state index in [1.165, 1.54) is 24.0 Å². The van der Waals surface area contributed by atoms with E-state index < -0.39 is 0 Å². The molecule has 4 rings (SSSR count). The minimum Gasteiger partial charge on any atom is -0.370 e. The van der Waals surface area contributed by atoms with Crippen LogP contribution in [0.4, 0.5) is 0 Å². The molecule has 3 atom stereocenters. The number of nitrogens with zero attached hydrogens (tertiary/aromatic N) is 2. The third kappa shape index (κ3) is 3.91. The van der Waals surface area contributed by atoms with Crippen LogP contribution in [0.1, 0.15) is 42.9 Å². The van der Waals surface area contributed by atoms with Crippen molar-refractivity contribution in [1.82, 2.24) is 4.90 Å². The molecule has 1 saturated heterocycles. The highest BCUT2D eigenvalue weighted by atomic mass is 79.9. The molecule has 2 heterocycles. The van der Waals surface area contributed by atoms with Gasteiger partial charge in [0.1, 0.15) is 0 Å². The van der Waals surface area contributed by atoms with Crippen LogP contribution in [0, 0.1) is 0 Å². The molecule has 3 nitrogen and oxygen atoms in total. The van der Waals surface area contributed by atoms with Crippen molar-refractivity contribution < 1.29 is 0 Å². The third-order valence-corrected chi connectivity index (χ3v) is 6.26. The van der Waals surface area contributed by atoms with Crippen LogP contribution < -0.4 is 5.73 Å². The lowest BCUT2D eigenvalue weighted by atomic mass is 9.97. The fourth-order valence-electron chi connectivity index (χ4n) is 4.31. The van der Waals surface area contributed by atoms with E-state index in [0.29, 0.717) is 12.1 Å². The second-order valence-corrected chi connectivity index (χ2v) is 7.93. The quantitative estimate of drug-likeness (QED) is 0.727. The highest BCUT2D eigenvalue weighted by Crippen LogP contribution is 2.39. The van der Waals surface area contributed by atoms with Crippen molar-refractivity contribution >= 4 is 34.3 Å². The number of nitrogens with two attached hydrogens (primary N) is 1. The van der Waals surface area contributed by atoms with E-state index in [0.717, 1.165) is 29.7 Å². The fourth-order valence-corrected chi connectivity index (χ4v) is 4.86. The number of hydrogen-bond donors (Lipinski definition) is 1. The number of halogens is 2. The summed E-state index contributed by atoms with van der Waals surface area (Å²) in [5, 5.41) is 0. The van der Waals surface area contributed by atoms with Crippen LogP contribution in [0.3, 0.4) is 0 Å². The van der Waals surface area contributed by atoms with Crippen LogP contribution in [-0.4, -0.2) is 22.9 Å². The summed E-state index contributed by atoms with van der Waals surface area (Å²) in [7, 11) is 0. The Labute approximate surface area is 170 Å². The molecule has 0 amide bonds. The van der Waals surface area contributed by atoms with Gasteiger partial charge in [0, 0.05) is 16.6 Å². The zero-order valence-electron chi connectivity index (χ0n) is 14.7. The smallest absolute Gasteiger partial charge is 0.192 e. The molecule has 0 aliphatic carbocycles. The fraction of sp³-hybridized carbons (Fsp3) is 0.381. The Morgan fingerprint density at radius 3 is 2.54 bits per heavy atom. The van der Waals surface area contributed by atoms with Gasteiger partial charge in [0.25, 0.3) is 0 Å². The van der Waals surface area contributed by atoms with Crippen molar-refractivity contribution in [3.05, 3.63) is 70.2 Å². The minimum absolute atomic E-state index is 0. The summed E-state index contributed by atoms with van der Waals surface area (Å²) in [5.41, 5.74) is 9.07. The maximum atomic E-state index is 6.42. The van der Waals surface area contributed by atoms with E-state index in [4.69, 9.17) is 10.7 Å². The first-order valence-corrected chi connectivity index (χ1v) is 9.91. The van der Waals surface area contributed by atoms with E-state index >= 15 is 0 Å². The molecule has 0 spiro atoms. The molecule has 2 N–H and O–H groups in total. The van der Waals surface area contributed by atoms with E-state index in [-0.39, 0.29) is 18.4 Å². The Kier molecular flexibility index (Phi) is 6.25. The predicted molar refractivity (Wildman–Crippen MR) is 114 cm³/mol. The summed E-state index contributed by atoms with van der Waals surface area (Å²) in [6, 6.07) is 20.3. The van der Waals surface area contributed by atoms with Crippen molar-refractivity contribution in [3.63, 3.8) is 0 Å². The first-order valence-electron chi connectivity index (χ1n) is 9.12. The zero-order valence-corrected chi connectivity index (χ0v) is 17.1. The van der Waals surface area contributed by atoms with Gasteiger partial charge in [-0.2, -0.15) is 0 Å². The lowest BCUT2D eigenvalue weighted by molar-refractivity contribution is 0.256. The second-order valence-electron chi connectivity index (χ2n) is 7.08. The van der Waals surface area contributed by atoms with Crippen LogP contribution >= 0.6 is 28.3 Å².